The molecule has 10 heavy (non-hydrogen) atoms. The lowest BCUT2D eigenvalue weighted by Crippen LogP contribution is -1.90. The molecule has 0 aliphatic heterocycles. The van der Waals surface area contributed by atoms with Gasteiger partial charge in [-0.3, -0.25) is 10.7 Å². The van der Waals surface area contributed by atoms with Crippen LogP contribution in [0.3, 0.4) is 0 Å². The van der Waals surface area contributed by atoms with E-state index in [-0.39, 0.29) is 10.7 Å². The number of hydrogen-bond acceptors (Lipinski definition) is 2. The third-order valence-corrected chi connectivity index (χ3v) is 1.38. The fraction of sp³-hybridized carbons (Fsp3) is 0. The second-order valence-electron chi connectivity index (χ2n) is 1.74. The molecule has 1 rings (SSSR count). The zero-order chi connectivity index (χ0) is 7.56. The first-order valence-corrected chi connectivity index (χ1v) is 2.97. The maximum atomic E-state index is 12.3. The smallest absolute Gasteiger partial charge is 0.125 e. The van der Waals surface area contributed by atoms with E-state index in [4.69, 9.17) is 16.8 Å². The summed E-state index contributed by atoms with van der Waals surface area (Å²) in [5.74, 6) is -0.444. The van der Waals surface area contributed by atoms with E-state index in [0.29, 0.717) is 0 Å². The number of halogens is 2. The summed E-state index contributed by atoms with van der Waals surface area (Å²) in [6.07, 6.45) is 0. The highest BCUT2D eigenvalue weighted by Crippen LogP contribution is 2.21. The Hall–Kier alpha value is -0.800. The zero-order valence-corrected chi connectivity index (χ0v) is 5.69. The Balaban J connectivity index is 3.09. The molecule has 54 valence electrons. The van der Waals surface area contributed by atoms with E-state index in [1.54, 1.807) is 5.48 Å². The van der Waals surface area contributed by atoms with Crippen LogP contribution in [0.15, 0.2) is 18.2 Å². The summed E-state index contributed by atoms with van der Waals surface area (Å²) in [7, 11) is 0. The van der Waals surface area contributed by atoms with Gasteiger partial charge in [0.2, 0.25) is 0 Å². The van der Waals surface area contributed by atoms with Crippen molar-refractivity contribution in [3.05, 3.63) is 29.0 Å². The lowest BCUT2D eigenvalue weighted by molar-refractivity contribution is 0.388. The van der Waals surface area contributed by atoms with Crippen LogP contribution in [-0.4, -0.2) is 5.21 Å². The van der Waals surface area contributed by atoms with Crippen molar-refractivity contribution in [2.24, 2.45) is 0 Å². The molecule has 0 aliphatic rings. The molecule has 1 aromatic carbocycles. The van der Waals surface area contributed by atoms with Crippen molar-refractivity contribution in [2.75, 3.05) is 5.48 Å². The Kier molecular flexibility index (Phi) is 2.09. The molecular formula is C6H5ClFNO. The van der Waals surface area contributed by atoms with Gasteiger partial charge in [-0.2, -0.15) is 0 Å². The topological polar surface area (TPSA) is 32.3 Å². The monoisotopic (exact) mass is 161 g/mol. The Labute approximate surface area is 62.2 Å². The van der Waals surface area contributed by atoms with Gasteiger partial charge in [0.05, 0.1) is 10.7 Å². The van der Waals surface area contributed by atoms with Crippen LogP contribution in [0, 0.1) is 5.82 Å². The maximum Gasteiger partial charge on any atom is 0.125 e. The molecule has 0 spiro atoms. The second kappa shape index (κ2) is 2.86. The molecule has 1 aromatic rings. The Bertz CT molecular complexity index is 241. The van der Waals surface area contributed by atoms with Crippen molar-refractivity contribution >= 4 is 17.3 Å². The highest BCUT2D eigenvalue weighted by atomic mass is 35.5. The van der Waals surface area contributed by atoms with Gasteiger partial charge in [0.1, 0.15) is 5.82 Å². The van der Waals surface area contributed by atoms with Crippen LogP contribution in [0.5, 0.6) is 0 Å². The van der Waals surface area contributed by atoms with E-state index in [0.717, 1.165) is 6.07 Å². The van der Waals surface area contributed by atoms with Gasteiger partial charge < -0.3 is 0 Å². The molecule has 0 atom stereocenters. The number of hydrogen-bond donors (Lipinski definition) is 2. The van der Waals surface area contributed by atoms with E-state index in [1.807, 2.05) is 0 Å². The fourth-order valence-corrected chi connectivity index (χ4v) is 0.743. The third kappa shape index (κ3) is 1.37. The molecule has 0 saturated heterocycles. The van der Waals surface area contributed by atoms with Crippen LogP contribution in [0.25, 0.3) is 0 Å². The van der Waals surface area contributed by atoms with Crippen molar-refractivity contribution in [3.8, 4) is 0 Å². The molecule has 0 saturated carbocycles. The van der Waals surface area contributed by atoms with Crippen LogP contribution in [-0.2, 0) is 0 Å². The average molecular weight is 162 g/mol. The van der Waals surface area contributed by atoms with Crippen molar-refractivity contribution in [3.63, 3.8) is 0 Å². The van der Waals surface area contributed by atoms with Gasteiger partial charge >= 0.3 is 0 Å². The van der Waals surface area contributed by atoms with Crippen molar-refractivity contribution in [2.45, 2.75) is 0 Å². The van der Waals surface area contributed by atoms with Crippen molar-refractivity contribution in [1.29, 1.82) is 0 Å². The van der Waals surface area contributed by atoms with Crippen LogP contribution in [0.1, 0.15) is 0 Å². The van der Waals surface area contributed by atoms with E-state index < -0.39 is 5.82 Å². The molecule has 0 heterocycles. The number of rotatable bonds is 1. The summed E-state index contributed by atoms with van der Waals surface area (Å²) < 4.78 is 12.3. The molecule has 0 unspecified atom stereocenters. The summed E-state index contributed by atoms with van der Waals surface area (Å²) in [4.78, 5) is 0. The predicted octanol–water partition coefficient (Wildman–Crippen LogP) is 2.28. The quantitative estimate of drug-likeness (QED) is 0.620. The maximum absolute atomic E-state index is 12.3. The van der Waals surface area contributed by atoms with Crippen molar-refractivity contribution < 1.29 is 9.60 Å². The largest absolute Gasteiger partial charge is 0.291 e. The first-order valence-electron chi connectivity index (χ1n) is 2.59. The van der Waals surface area contributed by atoms with E-state index in [1.165, 1.54) is 12.1 Å². The second-order valence-corrected chi connectivity index (χ2v) is 2.14. The van der Waals surface area contributed by atoms with Gasteiger partial charge in [0, 0.05) is 6.07 Å². The summed E-state index contributed by atoms with van der Waals surface area (Å²) >= 11 is 5.51. The summed E-state index contributed by atoms with van der Waals surface area (Å²) in [6.45, 7) is 0. The van der Waals surface area contributed by atoms with E-state index in [2.05, 4.69) is 0 Å². The van der Waals surface area contributed by atoms with Crippen LogP contribution in [0.4, 0.5) is 10.1 Å². The molecule has 0 bridgehead atoms. The highest BCUT2D eigenvalue weighted by Gasteiger charge is 1.98. The van der Waals surface area contributed by atoms with Gasteiger partial charge in [-0.15, -0.1) is 0 Å². The Morgan fingerprint density at radius 3 is 2.70 bits per heavy atom. The molecule has 2 N–H and O–H groups in total. The normalized spacial score (nSPS) is 9.50. The molecule has 0 radical (unpaired) electrons. The van der Waals surface area contributed by atoms with Gasteiger partial charge in [-0.25, -0.2) is 4.39 Å². The number of nitrogens with one attached hydrogen (secondary N) is 1. The van der Waals surface area contributed by atoms with E-state index in [9.17, 15) is 4.39 Å². The van der Waals surface area contributed by atoms with Gasteiger partial charge in [0.25, 0.3) is 0 Å². The lowest BCUT2D eigenvalue weighted by Gasteiger charge is -1.99. The Morgan fingerprint density at radius 1 is 1.50 bits per heavy atom. The fourth-order valence-electron chi connectivity index (χ4n) is 0.583. The molecular weight excluding hydrogens is 157 g/mol. The molecule has 0 aromatic heterocycles. The van der Waals surface area contributed by atoms with Crippen LogP contribution in [0.2, 0.25) is 5.02 Å². The van der Waals surface area contributed by atoms with Gasteiger partial charge in [-0.05, 0) is 12.1 Å². The molecule has 0 amide bonds. The zero-order valence-electron chi connectivity index (χ0n) is 4.94. The third-order valence-electron chi connectivity index (χ3n) is 1.05. The molecule has 2 nitrogen and oxygen atoms in total. The minimum atomic E-state index is -0.444. The molecule has 0 fully saturated rings. The van der Waals surface area contributed by atoms with Gasteiger partial charge in [0.15, 0.2) is 0 Å². The minimum absolute atomic E-state index is 0.168. The first-order chi connectivity index (χ1) is 4.74. The van der Waals surface area contributed by atoms with Crippen molar-refractivity contribution in [1.82, 2.24) is 0 Å². The average Bonchev–Trinajstić information content (AvgIpc) is 1.94. The van der Waals surface area contributed by atoms with E-state index >= 15 is 0 Å². The lowest BCUT2D eigenvalue weighted by atomic mass is 10.3. The SMILES string of the molecule is ONc1cc(F)ccc1Cl. The minimum Gasteiger partial charge on any atom is -0.291 e. The summed E-state index contributed by atoms with van der Waals surface area (Å²) in [5, 5.41) is 8.62. The molecule has 4 heteroatoms. The van der Waals surface area contributed by atoms with Crippen LogP contribution < -0.4 is 5.48 Å². The molecule has 0 aliphatic carbocycles. The van der Waals surface area contributed by atoms with Gasteiger partial charge in [-0.1, -0.05) is 11.6 Å². The number of anilines is 1. The summed E-state index contributed by atoms with van der Waals surface area (Å²) in [6, 6.07) is 3.67. The van der Waals surface area contributed by atoms with Crippen LogP contribution >= 0.6 is 11.6 Å². The Morgan fingerprint density at radius 2 is 2.20 bits per heavy atom. The summed E-state index contributed by atoms with van der Waals surface area (Å²) in [5.41, 5.74) is 1.93. The standard InChI is InChI=1S/C6H5ClFNO/c7-5-2-1-4(8)3-6(5)9-10/h1-3,9-10H. The number of benzene rings is 1. The first kappa shape index (κ1) is 7.31. The highest BCUT2D eigenvalue weighted by molar-refractivity contribution is 6.33. The predicted molar refractivity (Wildman–Crippen MR) is 36.8 cm³/mol.